The molecule has 0 aliphatic carbocycles. The summed E-state index contributed by atoms with van der Waals surface area (Å²) in [5, 5.41) is 4.58. The minimum Gasteiger partial charge on any atom is -0.333 e. The van der Waals surface area contributed by atoms with Crippen LogP contribution in [0.15, 0.2) is 46.8 Å². The minimum atomic E-state index is -0.145. The summed E-state index contributed by atoms with van der Waals surface area (Å²) >= 11 is 1.35. The van der Waals surface area contributed by atoms with Crippen LogP contribution in [0.5, 0.6) is 0 Å². The molecule has 2 aromatic rings. The van der Waals surface area contributed by atoms with Crippen LogP contribution in [-0.4, -0.2) is 27.3 Å². The van der Waals surface area contributed by atoms with Gasteiger partial charge in [-0.1, -0.05) is 42.1 Å². The average Bonchev–Trinajstić information content (AvgIpc) is 2.93. The molecule has 6 heteroatoms. The van der Waals surface area contributed by atoms with Crippen LogP contribution in [0.3, 0.4) is 0 Å². The lowest BCUT2D eigenvalue weighted by atomic mass is 10.2. The SMILES string of the molecule is CC(C)=NNC(=O)CSc1ncc(-c2ccccc2)[nH]1. The number of hydrogen-bond acceptors (Lipinski definition) is 4. The molecule has 1 aromatic heterocycles. The van der Waals surface area contributed by atoms with Crippen LogP contribution in [0, 0.1) is 0 Å². The van der Waals surface area contributed by atoms with Gasteiger partial charge in [0.05, 0.1) is 17.6 Å². The molecule has 0 aliphatic heterocycles. The smallest absolute Gasteiger partial charge is 0.250 e. The molecular weight excluding hydrogens is 272 g/mol. The summed E-state index contributed by atoms with van der Waals surface area (Å²) in [5.74, 6) is 0.132. The van der Waals surface area contributed by atoms with Crippen molar-refractivity contribution in [2.75, 3.05) is 5.75 Å². The molecular formula is C14H16N4OS. The summed E-state index contributed by atoms with van der Waals surface area (Å²) in [6.07, 6.45) is 1.77. The number of carbonyl (C=O) groups is 1. The fraction of sp³-hybridized carbons (Fsp3) is 0.214. The Morgan fingerprint density at radius 3 is 2.80 bits per heavy atom. The van der Waals surface area contributed by atoms with Gasteiger partial charge in [0, 0.05) is 5.71 Å². The number of carbonyl (C=O) groups excluding carboxylic acids is 1. The first kappa shape index (κ1) is 14.3. The number of thioether (sulfide) groups is 1. The normalized spacial score (nSPS) is 10.1. The van der Waals surface area contributed by atoms with Crippen molar-refractivity contribution in [1.29, 1.82) is 0 Å². The van der Waals surface area contributed by atoms with Crippen LogP contribution in [-0.2, 0) is 4.79 Å². The number of hydrogen-bond donors (Lipinski definition) is 2. The fourth-order valence-corrected chi connectivity index (χ4v) is 2.12. The van der Waals surface area contributed by atoms with Gasteiger partial charge in [-0.05, 0) is 19.4 Å². The maximum absolute atomic E-state index is 11.5. The lowest BCUT2D eigenvalue weighted by Gasteiger charge is -1.99. The summed E-state index contributed by atoms with van der Waals surface area (Å²) in [4.78, 5) is 19.0. The van der Waals surface area contributed by atoms with Gasteiger partial charge < -0.3 is 4.98 Å². The molecule has 0 aliphatic rings. The summed E-state index contributed by atoms with van der Waals surface area (Å²) in [6, 6.07) is 9.93. The summed E-state index contributed by atoms with van der Waals surface area (Å²) < 4.78 is 0. The van der Waals surface area contributed by atoms with Gasteiger partial charge in [0.25, 0.3) is 5.91 Å². The summed E-state index contributed by atoms with van der Waals surface area (Å²) in [6.45, 7) is 3.65. The maximum Gasteiger partial charge on any atom is 0.250 e. The van der Waals surface area contributed by atoms with E-state index in [4.69, 9.17) is 0 Å². The van der Waals surface area contributed by atoms with E-state index in [1.165, 1.54) is 11.8 Å². The van der Waals surface area contributed by atoms with Gasteiger partial charge in [0.15, 0.2) is 5.16 Å². The topological polar surface area (TPSA) is 70.1 Å². The van der Waals surface area contributed by atoms with E-state index in [0.717, 1.165) is 22.1 Å². The number of amides is 1. The van der Waals surface area contributed by atoms with Crippen molar-refractivity contribution in [1.82, 2.24) is 15.4 Å². The van der Waals surface area contributed by atoms with E-state index >= 15 is 0 Å². The molecule has 5 nitrogen and oxygen atoms in total. The number of imidazole rings is 1. The zero-order chi connectivity index (χ0) is 14.4. The van der Waals surface area contributed by atoms with Crippen LogP contribution < -0.4 is 5.43 Å². The zero-order valence-electron chi connectivity index (χ0n) is 11.4. The number of aromatic nitrogens is 2. The molecule has 104 valence electrons. The van der Waals surface area contributed by atoms with E-state index < -0.39 is 0 Å². The third-order valence-corrected chi connectivity index (χ3v) is 3.27. The molecule has 0 fully saturated rings. The molecule has 0 spiro atoms. The van der Waals surface area contributed by atoms with Gasteiger partial charge >= 0.3 is 0 Å². The van der Waals surface area contributed by atoms with Crippen molar-refractivity contribution in [3.63, 3.8) is 0 Å². The first-order chi connectivity index (χ1) is 9.65. The molecule has 0 saturated heterocycles. The zero-order valence-corrected chi connectivity index (χ0v) is 12.2. The van der Waals surface area contributed by atoms with Crippen LogP contribution in [0.4, 0.5) is 0 Å². The summed E-state index contributed by atoms with van der Waals surface area (Å²) in [5.41, 5.74) is 5.30. The Hall–Kier alpha value is -2.08. The van der Waals surface area contributed by atoms with Crippen LogP contribution in [0.25, 0.3) is 11.3 Å². The highest BCUT2D eigenvalue weighted by Crippen LogP contribution is 2.20. The predicted octanol–water partition coefficient (Wildman–Crippen LogP) is 2.68. The van der Waals surface area contributed by atoms with Crippen molar-refractivity contribution in [3.05, 3.63) is 36.5 Å². The van der Waals surface area contributed by atoms with Gasteiger partial charge in [0.1, 0.15) is 0 Å². The van der Waals surface area contributed by atoms with Gasteiger partial charge in [0.2, 0.25) is 0 Å². The Morgan fingerprint density at radius 2 is 2.10 bits per heavy atom. The highest BCUT2D eigenvalue weighted by atomic mass is 32.2. The van der Waals surface area contributed by atoms with Crippen LogP contribution in [0.2, 0.25) is 0 Å². The van der Waals surface area contributed by atoms with E-state index in [9.17, 15) is 4.79 Å². The molecule has 0 radical (unpaired) electrons. The second-order valence-corrected chi connectivity index (χ2v) is 5.31. The second-order valence-electron chi connectivity index (χ2n) is 4.35. The first-order valence-electron chi connectivity index (χ1n) is 6.18. The standard InChI is InChI=1S/C14H16N4OS/c1-10(2)17-18-13(19)9-20-14-15-8-12(16-14)11-6-4-3-5-7-11/h3-8H,9H2,1-2H3,(H,15,16)(H,18,19). The number of H-pyrrole nitrogens is 1. The Morgan fingerprint density at radius 1 is 1.35 bits per heavy atom. The van der Waals surface area contributed by atoms with Crippen LogP contribution >= 0.6 is 11.8 Å². The van der Waals surface area contributed by atoms with E-state index in [1.54, 1.807) is 6.20 Å². The van der Waals surface area contributed by atoms with Gasteiger partial charge in [-0.3, -0.25) is 4.79 Å². The van der Waals surface area contributed by atoms with Crippen molar-refractivity contribution in [2.45, 2.75) is 19.0 Å². The lowest BCUT2D eigenvalue weighted by molar-refractivity contribution is -0.118. The molecule has 0 unspecified atom stereocenters. The van der Waals surface area contributed by atoms with Gasteiger partial charge in [-0.2, -0.15) is 5.10 Å². The van der Waals surface area contributed by atoms with E-state index in [1.807, 2.05) is 44.2 Å². The summed E-state index contributed by atoms with van der Waals surface area (Å²) in [7, 11) is 0. The van der Waals surface area contributed by atoms with E-state index in [2.05, 4.69) is 20.5 Å². The van der Waals surface area contributed by atoms with E-state index in [0.29, 0.717) is 0 Å². The highest BCUT2D eigenvalue weighted by Gasteiger charge is 2.06. The Labute approximate surface area is 121 Å². The lowest BCUT2D eigenvalue weighted by Crippen LogP contribution is -2.20. The molecule has 2 N–H and O–H groups in total. The molecule has 1 aromatic carbocycles. The Bertz CT molecular complexity index is 603. The van der Waals surface area contributed by atoms with Crippen molar-refractivity contribution < 1.29 is 4.79 Å². The molecule has 2 rings (SSSR count). The highest BCUT2D eigenvalue weighted by molar-refractivity contribution is 7.99. The first-order valence-corrected chi connectivity index (χ1v) is 7.16. The van der Waals surface area contributed by atoms with Crippen molar-refractivity contribution >= 4 is 23.4 Å². The van der Waals surface area contributed by atoms with Crippen molar-refractivity contribution in [3.8, 4) is 11.3 Å². The molecule has 0 saturated carbocycles. The molecule has 1 amide bonds. The fourth-order valence-electron chi connectivity index (χ4n) is 1.48. The van der Waals surface area contributed by atoms with Crippen LogP contribution in [0.1, 0.15) is 13.8 Å². The number of benzene rings is 1. The van der Waals surface area contributed by atoms with Crippen molar-refractivity contribution in [2.24, 2.45) is 5.10 Å². The second kappa shape index (κ2) is 6.91. The monoisotopic (exact) mass is 288 g/mol. The Balaban J connectivity index is 1.91. The Kier molecular flexibility index (Phi) is 4.95. The largest absolute Gasteiger partial charge is 0.333 e. The quantitative estimate of drug-likeness (QED) is 0.505. The predicted molar refractivity (Wildman–Crippen MR) is 81.7 cm³/mol. The maximum atomic E-state index is 11.5. The number of hydrazone groups is 1. The van der Waals surface area contributed by atoms with Gasteiger partial charge in [-0.25, -0.2) is 10.4 Å². The van der Waals surface area contributed by atoms with E-state index in [-0.39, 0.29) is 11.7 Å². The number of nitrogens with zero attached hydrogens (tertiary/aromatic N) is 2. The van der Waals surface area contributed by atoms with Gasteiger partial charge in [-0.15, -0.1) is 0 Å². The molecule has 1 heterocycles. The third kappa shape index (κ3) is 4.24. The average molecular weight is 288 g/mol. The number of rotatable bonds is 5. The number of nitrogens with one attached hydrogen (secondary N) is 2. The minimum absolute atomic E-state index is 0.145. The molecule has 0 atom stereocenters. The molecule has 20 heavy (non-hydrogen) atoms. The third-order valence-electron chi connectivity index (χ3n) is 2.38. The number of aromatic amines is 1. The molecule has 0 bridgehead atoms.